The van der Waals surface area contributed by atoms with E-state index in [1.54, 1.807) is 0 Å². The minimum Gasteiger partial charge on any atom is -0.481 e. The Kier molecular flexibility index (Phi) is 5.48. The Morgan fingerprint density at radius 2 is 2.11 bits per heavy atom. The predicted octanol–water partition coefficient (Wildman–Crippen LogP) is 2.30. The number of aliphatic hydroxyl groups is 2. The largest absolute Gasteiger partial charge is 0.481 e. The molecule has 0 aliphatic rings. The molecule has 0 amide bonds. The third kappa shape index (κ3) is 3.51. The summed E-state index contributed by atoms with van der Waals surface area (Å²) in [6, 6.07) is 2.76. The summed E-state index contributed by atoms with van der Waals surface area (Å²) in [5.74, 6) is -5.11. The summed E-state index contributed by atoms with van der Waals surface area (Å²) in [5, 5.41) is 19.1. The van der Waals surface area contributed by atoms with E-state index in [2.05, 4.69) is 19.7 Å². The van der Waals surface area contributed by atoms with Crippen molar-refractivity contribution in [3.63, 3.8) is 0 Å². The Balaban J connectivity index is 1.92. The first-order valence-corrected chi connectivity index (χ1v) is 8.97. The van der Waals surface area contributed by atoms with Crippen LogP contribution in [0.3, 0.4) is 0 Å². The zero-order valence-corrected chi connectivity index (χ0v) is 15.5. The van der Waals surface area contributed by atoms with Crippen LogP contribution in [0.1, 0.15) is 5.56 Å². The van der Waals surface area contributed by atoms with E-state index >= 15 is 0 Å². The zero-order chi connectivity index (χ0) is 20.6. The van der Waals surface area contributed by atoms with Gasteiger partial charge in [0, 0.05) is 17.8 Å². The minimum atomic E-state index is -3.55. The van der Waals surface area contributed by atoms with Crippen LogP contribution in [0.4, 0.5) is 19.1 Å². The average Bonchev–Trinajstić information content (AvgIpc) is 3.09. The SMILES string of the molecule is COc1nc(NS(=O)c2c[nH]c3c(F)c(Cl)ccc23)ncc1C(O)(O)C(F)F. The first kappa shape index (κ1) is 20.3. The number of ether oxygens (including phenoxy) is 1. The van der Waals surface area contributed by atoms with Gasteiger partial charge in [0.2, 0.25) is 11.8 Å². The number of anilines is 1. The molecule has 150 valence electrons. The number of rotatable bonds is 6. The molecule has 0 saturated carbocycles. The molecule has 3 rings (SSSR count). The van der Waals surface area contributed by atoms with Gasteiger partial charge >= 0.3 is 0 Å². The van der Waals surface area contributed by atoms with Crippen LogP contribution in [0.2, 0.25) is 5.02 Å². The van der Waals surface area contributed by atoms with Gasteiger partial charge in [-0.1, -0.05) is 11.6 Å². The molecule has 0 saturated heterocycles. The lowest BCUT2D eigenvalue weighted by Gasteiger charge is -2.22. The number of halogens is 4. The normalized spacial score (nSPS) is 13.1. The van der Waals surface area contributed by atoms with Crippen molar-refractivity contribution in [2.75, 3.05) is 11.8 Å². The summed E-state index contributed by atoms with van der Waals surface area (Å²) in [7, 11) is -0.914. The number of benzene rings is 1. The molecule has 0 aliphatic heterocycles. The Bertz CT molecular complexity index is 1060. The predicted molar refractivity (Wildman–Crippen MR) is 94.0 cm³/mol. The van der Waals surface area contributed by atoms with Crippen molar-refractivity contribution in [1.29, 1.82) is 0 Å². The van der Waals surface area contributed by atoms with Gasteiger partial charge in [-0.05, 0) is 12.1 Å². The van der Waals surface area contributed by atoms with Crippen LogP contribution in [0.5, 0.6) is 5.88 Å². The van der Waals surface area contributed by atoms with E-state index in [4.69, 9.17) is 16.3 Å². The molecule has 4 N–H and O–H groups in total. The van der Waals surface area contributed by atoms with Crippen LogP contribution in [-0.2, 0) is 16.8 Å². The molecular weight excluding hydrogens is 425 g/mol. The van der Waals surface area contributed by atoms with Crippen molar-refractivity contribution in [3.05, 3.63) is 40.9 Å². The maximum atomic E-state index is 14.0. The van der Waals surface area contributed by atoms with E-state index in [-0.39, 0.29) is 21.4 Å². The Morgan fingerprint density at radius 3 is 2.75 bits per heavy atom. The second-order valence-electron chi connectivity index (χ2n) is 5.45. The summed E-state index contributed by atoms with van der Waals surface area (Å²) in [6.45, 7) is 0. The first-order valence-electron chi connectivity index (χ1n) is 7.44. The highest BCUT2D eigenvalue weighted by Gasteiger charge is 2.41. The van der Waals surface area contributed by atoms with Crippen molar-refractivity contribution in [3.8, 4) is 5.88 Å². The first-order chi connectivity index (χ1) is 13.2. The van der Waals surface area contributed by atoms with Crippen LogP contribution in [0.25, 0.3) is 10.9 Å². The lowest BCUT2D eigenvalue weighted by Crippen LogP contribution is -2.34. The fourth-order valence-corrected chi connectivity index (χ4v) is 3.41. The maximum Gasteiger partial charge on any atom is 0.296 e. The second kappa shape index (κ2) is 7.54. The van der Waals surface area contributed by atoms with Gasteiger partial charge in [-0.15, -0.1) is 0 Å². The third-order valence-electron chi connectivity index (χ3n) is 3.74. The lowest BCUT2D eigenvalue weighted by molar-refractivity contribution is -0.249. The highest BCUT2D eigenvalue weighted by molar-refractivity contribution is 7.86. The molecular formula is C15H12ClF3N4O4S. The molecule has 0 radical (unpaired) electrons. The van der Waals surface area contributed by atoms with Crippen LogP contribution in [0, 0.1) is 5.82 Å². The number of nitrogens with zero attached hydrogens (tertiary/aromatic N) is 2. The van der Waals surface area contributed by atoms with Crippen LogP contribution < -0.4 is 9.46 Å². The molecule has 2 aromatic heterocycles. The van der Waals surface area contributed by atoms with E-state index in [0.717, 1.165) is 7.11 Å². The monoisotopic (exact) mass is 436 g/mol. The quantitative estimate of drug-likeness (QED) is 0.440. The van der Waals surface area contributed by atoms with Crippen molar-refractivity contribution in [1.82, 2.24) is 15.0 Å². The molecule has 8 nitrogen and oxygen atoms in total. The van der Waals surface area contributed by atoms with Crippen molar-refractivity contribution < 1.29 is 32.3 Å². The Hall–Kier alpha value is -2.41. The fourth-order valence-electron chi connectivity index (χ4n) is 2.34. The molecule has 0 spiro atoms. The number of hydrogen-bond acceptors (Lipinski definition) is 6. The number of hydrogen-bond donors (Lipinski definition) is 4. The van der Waals surface area contributed by atoms with E-state index in [9.17, 15) is 27.6 Å². The van der Waals surface area contributed by atoms with Crippen molar-refractivity contribution >= 4 is 39.4 Å². The van der Waals surface area contributed by atoms with Gasteiger partial charge < -0.3 is 19.9 Å². The molecule has 3 aromatic rings. The van der Waals surface area contributed by atoms with E-state index in [0.29, 0.717) is 11.6 Å². The molecule has 2 heterocycles. The van der Waals surface area contributed by atoms with Crippen molar-refractivity contribution in [2.45, 2.75) is 17.1 Å². The molecule has 1 aromatic carbocycles. The Morgan fingerprint density at radius 1 is 1.39 bits per heavy atom. The fraction of sp³-hybridized carbons (Fsp3) is 0.200. The summed E-state index contributed by atoms with van der Waals surface area (Å²) in [6.07, 6.45) is -1.56. The summed E-state index contributed by atoms with van der Waals surface area (Å²) in [5.41, 5.74) is -0.723. The van der Waals surface area contributed by atoms with Gasteiger partial charge in [0.25, 0.3) is 12.2 Å². The average molecular weight is 437 g/mol. The number of nitrogens with one attached hydrogen (secondary N) is 2. The van der Waals surface area contributed by atoms with E-state index in [1.165, 1.54) is 18.3 Å². The highest BCUT2D eigenvalue weighted by atomic mass is 35.5. The number of H-pyrrole nitrogens is 1. The molecule has 0 aliphatic carbocycles. The second-order valence-corrected chi connectivity index (χ2v) is 7.04. The number of alkyl halides is 2. The molecule has 28 heavy (non-hydrogen) atoms. The smallest absolute Gasteiger partial charge is 0.296 e. The van der Waals surface area contributed by atoms with Crippen LogP contribution >= 0.6 is 11.6 Å². The lowest BCUT2D eigenvalue weighted by atomic mass is 10.1. The van der Waals surface area contributed by atoms with Gasteiger partial charge in [0.15, 0.2) is 16.8 Å². The summed E-state index contributed by atoms with van der Waals surface area (Å²) in [4.78, 5) is 10.1. The third-order valence-corrected chi connectivity index (χ3v) is 5.14. The molecule has 1 atom stereocenters. The number of aromatic nitrogens is 3. The summed E-state index contributed by atoms with van der Waals surface area (Å²) < 4.78 is 59.3. The topological polar surface area (TPSA) is 120 Å². The minimum absolute atomic E-state index is 0.0498. The van der Waals surface area contributed by atoms with Gasteiger partial charge in [-0.2, -0.15) is 4.98 Å². The highest BCUT2D eigenvalue weighted by Crippen LogP contribution is 2.32. The van der Waals surface area contributed by atoms with Gasteiger partial charge in [-0.3, -0.25) is 4.72 Å². The molecule has 13 heteroatoms. The Labute approximate surface area is 162 Å². The number of methoxy groups -OCH3 is 1. The number of aromatic amines is 1. The molecule has 0 bridgehead atoms. The molecule has 0 fully saturated rings. The van der Waals surface area contributed by atoms with Crippen LogP contribution in [0.15, 0.2) is 29.4 Å². The van der Waals surface area contributed by atoms with E-state index < -0.39 is 40.5 Å². The van der Waals surface area contributed by atoms with Crippen molar-refractivity contribution in [2.24, 2.45) is 0 Å². The summed E-state index contributed by atoms with van der Waals surface area (Å²) >= 11 is 5.70. The number of fused-ring (bicyclic) bond motifs is 1. The van der Waals surface area contributed by atoms with Crippen LogP contribution in [-0.4, -0.2) is 42.9 Å². The maximum absolute atomic E-state index is 14.0. The van der Waals surface area contributed by atoms with Gasteiger partial charge in [-0.25, -0.2) is 22.4 Å². The zero-order valence-electron chi connectivity index (χ0n) is 13.9. The van der Waals surface area contributed by atoms with Gasteiger partial charge in [0.1, 0.15) is 0 Å². The standard InChI is InChI=1S/C15H12ClF3N4O4S/c1-27-12-7(15(24,25)13(18)19)4-21-14(22-12)23-28(26)9-5-20-11-6(9)2-3-8(16)10(11)17/h2-5,13,20,24-25H,1H3,(H,21,22,23). The van der Waals surface area contributed by atoms with E-state index in [1.807, 2.05) is 0 Å². The molecule has 1 unspecified atom stereocenters. The van der Waals surface area contributed by atoms with Gasteiger partial charge in [0.05, 0.1) is 28.1 Å².